The van der Waals surface area contributed by atoms with Crippen molar-refractivity contribution in [1.82, 2.24) is 4.72 Å². The number of sulfonamides is 1. The average molecular weight is 201 g/mol. The van der Waals surface area contributed by atoms with Crippen LogP contribution in [0.2, 0.25) is 0 Å². The standard InChI is InChI=1S/C5H9NO4S.Na/c1-2-3-11(9,10)6-4-5(7)8;/h2,6H,1,3-4H2,(H,7,8);/q;+1/p-1. The molecule has 0 bridgehead atoms. The molecule has 0 amide bonds. The molecule has 0 fully saturated rings. The summed E-state index contributed by atoms with van der Waals surface area (Å²) >= 11 is 0. The van der Waals surface area contributed by atoms with Gasteiger partial charge in [0.05, 0.1) is 18.3 Å². The van der Waals surface area contributed by atoms with E-state index in [1.54, 1.807) is 4.72 Å². The second-order valence-electron chi connectivity index (χ2n) is 1.76. The number of aliphatic carboxylic acids is 1. The van der Waals surface area contributed by atoms with Gasteiger partial charge in [-0.1, -0.05) is 6.08 Å². The number of rotatable bonds is 5. The molecule has 0 unspecified atom stereocenters. The molecule has 0 aromatic carbocycles. The molecule has 0 aromatic heterocycles. The van der Waals surface area contributed by atoms with E-state index >= 15 is 0 Å². The monoisotopic (exact) mass is 201 g/mol. The van der Waals surface area contributed by atoms with Gasteiger partial charge in [-0.3, -0.25) is 0 Å². The van der Waals surface area contributed by atoms with Gasteiger partial charge in [0, 0.05) is 0 Å². The van der Waals surface area contributed by atoms with Crippen LogP contribution in [0, 0.1) is 0 Å². The van der Waals surface area contributed by atoms with Crippen LogP contribution in [0.3, 0.4) is 0 Å². The number of carbonyl (C=O) groups excluding carboxylic acids is 1. The average Bonchev–Trinajstić information content (AvgIpc) is 1.84. The Kier molecular flexibility index (Phi) is 8.07. The Hall–Kier alpha value is 0.120. The van der Waals surface area contributed by atoms with E-state index in [9.17, 15) is 18.3 Å². The molecule has 5 nitrogen and oxygen atoms in total. The Morgan fingerprint density at radius 3 is 2.42 bits per heavy atom. The van der Waals surface area contributed by atoms with Crippen LogP contribution in [0.15, 0.2) is 12.7 Å². The summed E-state index contributed by atoms with van der Waals surface area (Å²) in [6, 6.07) is 0. The largest absolute Gasteiger partial charge is 1.00 e. The fraction of sp³-hybridized carbons (Fsp3) is 0.400. The summed E-state index contributed by atoms with van der Waals surface area (Å²) in [6.45, 7) is 2.49. The maximum absolute atomic E-state index is 10.7. The number of hydrogen-bond donors (Lipinski definition) is 1. The SMILES string of the molecule is C=CCS(=O)(=O)NCC(=O)[O-].[Na+]. The Labute approximate surface area is 93.2 Å². The van der Waals surface area contributed by atoms with Crippen LogP contribution in [0.5, 0.6) is 0 Å². The second-order valence-corrected chi connectivity index (χ2v) is 3.61. The summed E-state index contributed by atoms with van der Waals surface area (Å²) in [5.74, 6) is -1.75. The number of carbonyl (C=O) groups is 1. The summed E-state index contributed by atoms with van der Waals surface area (Å²) in [6.07, 6.45) is 1.16. The molecule has 0 heterocycles. The minimum absolute atomic E-state index is 0. The van der Waals surface area contributed by atoms with Gasteiger partial charge in [0.1, 0.15) is 0 Å². The van der Waals surface area contributed by atoms with Gasteiger partial charge < -0.3 is 9.90 Å². The van der Waals surface area contributed by atoms with Crippen LogP contribution < -0.4 is 39.4 Å². The van der Waals surface area contributed by atoms with Crippen molar-refractivity contribution >= 4 is 16.0 Å². The molecule has 0 saturated heterocycles. The minimum Gasteiger partial charge on any atom is -0.549 e. The number of carboxylic acids is 1. The van der Waals surface area contributed by atoms with Crippen LogP contribution >= 0.6 is 0 Å². The fourth-order valence-electron chi connectivity index (χ4n) is 0.383. The summed E-state index contributed by atoms with van der Waals surface area (Å²) in [4.78, 5) is 9.79. The molecular weight excluding hydrogens is 193 g/mol. The fourth-order valence-corrected chi connectivity index (χ4v) is 1.15. The molecule has 0 atom stereocenters. The molecule has 12 heavy (non-hydrogen) atoms. The molecule has 64 valence electrons. The second kappa shape index (κ2) is 6.62. The molecular formula is C5H8NNaO4S. The van der Waals surface area contributed by atoms with Crippen molar-refractivity contribution in [1.29, 1.82) is 0 Å². The van der Waals surface area contributed by atoms with E-state index in [2.05, 4.69) is 6.58 Å². The normalized spacial score (nSPS) is 10.0. The van der Waals surface area contributed by atoms with Crippen LogP contribution in [0.1, 0.15) is 0 Å². The van der Waals surface area contributed by atoms with Crippen LogP contribution in [-0.2, 0) is 14.8 Å². The first-order valence-corrected chi connectivity index (χ1v) is 4.41. The first-order valence-electron chi connectivity index (χ1n) is 2.76. The molecule has 0 saturated carbocycles. The van der Waals surface area contributed by atoms with Gasteiger partial charge in [-0.25, -0.2) is 13.1 Å². The van der Waals surface area contributed by atoms with E-state index in [4.69, 9.17) is 0 Å². The minimum atomic E-state index is -3.52. The van der Waals surface area contributed by atoms with Gasteiger partial charge >= 0.3 is 29.6 Å². The Morgan fingerprint density at radius 2 is 2.08 bits per heavy atom. The van der Waals surface area contributed by atoms with Crippen LogP contribution in [0.25, 0.3) is 0 Å². The topological polar surface area (TPSA) is 86.3 Å². The van der Waals surface area contributed by atoms with Gasteiger partial charge in [0.2, 0.25) is 10.0 Å². The number of nitrogens with one attached hydrogen (secondary N) is 1. The summed E-state index contributed by atoms with van der Waals surface area (Å²) in [7, 11) is -3.52. The van der Waals surface area contributed by atoms with Crippen molar-refractivity contribution in [2.75, 3.05) is 12.3 Å². The molecule has 7 heteroatoms. The zero-order valence-electron chi connectivity index (χ0n) is 6.74. The Morgan fingerprint density at radius 1 is 1.58 bits per heavy atom. The van der Waals surface area contributed by atoms with Gasteiger partial charge in [-0.15, -0.1) is 6.58 Å². The summed E-state index contributed by atoms with van der Waals surface area (Å²) in [5.41, 5.74) is 0. The number of carboxylic acid groups (broad SMARTS) is 1. The molecule has 1 N–H and O–H groups in total. The first-order chi connectivity index (χ1) is 4.98. The van der Waals surface area contributed by atoms with Crippen molar-refractivity contribution in [2.24, 2.45) is 0 Å². The third-order valence-electron chi connectivity index (χ3n) is 0.774. The van der Waals surface area contributed by atoms with Gasteiger partial charge in [-0.05, 0) is 0 Å². The van der Waals surface area contributed by atoms with Crippen molar-refractivity contribution in [3.8, 4) is 0 Å². The van der Waals surface area contributed by atoms with E-state index in [0.717, 1.165) is 6.08 Å². The maximum Gasteiger partial charge on any atom is 1.00 e. The van der Waals surface area contributed by atoms with Gasteiger partial charge in [0.15, 0.2) is 0 Å². The number of hydrogen-bond acceptors (Lipinski definition) is 4. The smallest absolute Gasteiger partial charge is 0.549 e. The van der Waals surface area contributed by atoms with Crippen molar-refractivity contribution in [3.63, 3.8) is 0 Å². The van der Waals surface area contributed by atoms with E-state index < -0.39 is 22.5 Å². The molecule has 0 rings (SSSR count). The third-order valence-corrected chi connectivity index (χ3v) is 2.03. The molecule has 0 spiro atoms. The van der Waals surface area contributed by atoms with Gasteiger partial charge in [0.25, 0.3) is 0 Å². The predicted molar refractivity (Wildman–Crippen MR) is 37.0 cm³/mol. The quantitative estimate of drug-likeness (QED) is 0.356. The van der Waals surface area contributed by atoms with E-state index in [-0.39, 0.29) is 35.3 Å². The molecule has 0 radical (unpaired) electrons. The van der Waals surface area contributed by atoms with Crippen LogP contribution in [0.4, 0.5) is 0 Å². The zero-order valence-corrected chi connectivity index (χ0v) is 9.56. The summed E-state index contributed by atoms with van der Waals surface area (Å²) < 4.78 is 23.1. The van der Waals surface area contributed by atoms with Crippen molar-refractivity contribution in [3.05, 3.63) is 12.7 Å². The molecule has 0 aliphatic heterocycles. The zero-order chi connectivity index (χ0) is 8.91. The van der Waals surface area contributed by atoms with E-state index in [1.165, 1.54) is 0 Å². The Bertz CT molecular complexity index is 248. The summed E-state index contributed by atoms with van der Waals surface area (Å²) in [5, 5.41) is 9.79. The van der Waals surface area contributed by atoms with Crippen molar-refractivity contribution < 1.29 is 47.9 Å². The molecule has 0 aliphatic carbocycles. The van der Waals surface area contributed by atoms with Gasteiger partial charge in [-0.2, -0.15) is 0 Å². The van der Waals surface area contributed by atoms with E-state index in [0.29, 0.717) is 0 Å². The third kappa shape index (κ3) is 8.22. The maximum atomic E-state index is 10.7. The predicted octanol–water partition coefficient (Wildman–Crippen LogP) is -5.15. The first kappa shape index (κ1) is 14.6. The van der Waals surface area contributed by atoms with Crippen LogP contribution in [-0.4, -0.2) is 26.7 Å². The molecule has 0 aliphatic rings. The Balaban J connectivity index is 0. The van der Waals surface area contributed by atoms with E-state index in [1.807, 2.05) is 0 Å². The van der Waals surface area contributed by atoms with Crippen molar-refractivity contribution in [2.45, 2.75) is 0 Å². The molecule has 0 aromatic rings.